The van der Waals surface area contributed by atoms with E-state index < -0.39 is 6.04 Å². The third-order valence-electron chi connectivity index (χ3n) is 2.38. The first-order valence-corrected chi connectivity index (χ1v) is 5.51. The lowest BCUT2D eigenvalue weighted by Crippen LogP contribution is -2.43. The predicted octanol–water partition coefficient (Wildman–Crippen LogP) is 0.836. The highest BCUT2D eigenvalue weighted by molar-refractivity contribution is 5.81. The Morgan fingerprint density at radius 2 is 2.31 bits per heavy atom. The van der Waals surface area contributed by atoms with Crippen molar-refractivity contribution in [3.05, 3.63) is 17.8 Å². The molecule has 1 heterocycles. The second-order valence-electron chi connectivity index (χ2n) is 4.06. The normalized spacial score (nSPS) is 12.8. The number of hydrogen-bond donors (Lipinski definition) is 2. The van der Waals surface area contributed by atoms with Crippen molar-refractivity contribution in [2.24, 2.45) is 11.7 Å². The minimum atomic E-state index is -0.486. The molecule has 5 nitrogen and oxygen atoms in total. The third-order valence-corrected chi connectivity index (χ3v) is 2.38. The third kappa shape index (κ3) is 3.34. The standard InChI is InChI=1S/C11H19N3O2/c1-4-8-5-13-9(16-8)6-14-11(15)10(12)7(2)3/h5,7,10H,4,6,12H2,1-3H3,(H,14,15)/t10-/m1/s1. The first kappa shape index (κ1) is 12.7. The van der Waals surface area contributed by atoms with Crippen LogP contribution in [-0.4, -0.2) is 16.9 Å². The molecule has 1 aromatic rings. The van der Waals surface area contributed by atoms with Gasteiger partial charge in [0.05, 0.1) is 18.8 Å². The summed E-state index contributed by atoms with van der Waals surface area (Å²) in [6, 6.07) is -0.486. The Morgan fingerprint density at radius 1 is 1.62 bits per heavy atom. The highest BCUT2D eigenvalue weighted by Crippen LogP contribution is 2.04. The van der Waals surface area contributed by atoms with Crippen LogP contribution < -0.4 is 11.1 Å². The molecule has 0 aromatic carbocycles. The summed E-state index contributed by atoms with van der Waals surface area (Å²) in [6.45, 7) is 6.09. The lowest BCUT2D eigenvalue weighted by atomic mass is 10.1. The Morgan fingerprint density at radius 3 is 2.81 bits per heavy atom. The topological polar surface area (TPSA) is 81.2 Å². The van der Waals surface area contributed by atoms with Gasteiger partial charge in [0.2, 0.25) is 11.8 Å². The fraction of sp³-hybridized carbons (Fsp3) is 0.636. The summed E-state index contributed by atoms with van der Waals surface area (Å²) in [5.74, 6) is 1.28. The van der Waals surface area contributed by atoms with Crippen LogP contribution in [0.5, 0.6) is 0 Å². The van der Waals surface area contributed by atoms with Crippen molar-refractivity contribution in [1.82, 2.24) is 10.3 Å². The molecule has 0 aliphatic rings. The number of rotatable bonds is 5. The molecule has 90 valence electrons. The smallest absolute Gasteiger partial charge is 0.237 e. The van der Waals surface area contributed by atoms with Crippen LogP contribution in [-0.2, 0) is 17.8 Å². The molecule has 1 aromatic heterocycles. The van der Waals surface area contributed by atoms with Crippen LogP contribution in [0.2, 0.25) is 0 Å². The molecular formula is C11H19N3O2. The van der Waals surface area contributed by atoms with E-state index in [-0.39, 0.29) is 11.8 Å². The molecule has 0 aliphatic carbocycles. The number of hydrogen-bond acceptors (Lipinski definition) is 4. The zero-order chi connectivity index (χ0) is 12.1. The van der Waals surface area contributed by atoms with Crippen LogP contribution >= 0.6 is 0 Å². The average Bonchev–Trinajstić information content (AvgIpc) is 2.72. The summed E-state index contributed by atoms with van der Waals surface area (Å²) >= 11 is 0. The summed E-state index contributed by atoms with van der Waals surface area (Å²) in [5, 5.41) is 2.70. The molecular weight excluding hydrogens is 206 g/mol. The van der Waals surface area contributed by atoms with Crippen molar-refractivity contribution in [1.29, 1.82) is 0 Å². The number of aryl methyl sites for hydroxylation is 1. The van der Waals surface area contributed by atoms with Gasteiger partial charge < -0.3 is 15.5 Å². The molecule has 3 N–H and O–H groups in total. The van der Waals surface area contributed by atoms with Gasteiger partial charge >= 0.3 is 0 Å². The van der Waals surface area contributed by atoms with E-state index in [2.05, 4.69) is 10.3 Å². The van der Waals surface area contributed by atoms with Gasteiger partial charge in [0.15, 0.2) is 0 Å². The first-order chi connectivity index (χ1) is 7.54. The lowest BCUT2D eigenvalue weighted by molar-refractivity contribution is -0.123. The van der Waals surface area contributed by atoms with Crippen molar-refractivity contribution in [2.45, 2.75) is 39.8 Å². The summed E-state index contributed by atoms with van der Waals surface area (Å²) in [7, 11) is 0. The van der Waals surface area contributed by atoms with Gasteiger partial charge in [-0.2, -0.15) is 0 Å². The Kier molecular flexibility index (Phi) is 4.49. The lowest BCUT2D eigenvalue weighted by Gasteiger charge is -2.14. The molecule has 0 radical (unpaired) electrons. The highest BCUT2D eigenvalue weighted by atomic mass is 16.4. The molecule has 0 unspecified atom stereocenters. The van der Waals surface area contributed by atoms with Crippen molar-refractivity contribution in [3.63, 3.8) is 0 Å². The SMILES string of the molecule is CCc1cnc(CNC(=O)[C@H](N)C(C)C)o1. The minimum absolute atomic E-state index is 0.121. The van der Waals surface area contributed by atoms with Gasteiger partial charge in [-0.05, 0) is 5.92 Å². The molecule has 1 rings (SSSR count). The predicted molar refractivity (Wildman–Crippen MR) is 60.5 cm³/mol. The minimum Gasteiger partial charge on any atom is -0.444 e. The fourth-order valence-corrected chi connectivity index (χ4v) is 1.18. The molecule has 0 spiro atoms. The van der Waals surface area contributed by atoms with Crippen LogP contribution in [0.15, 0.2) is 10.6 Å². The van der Waals surface area contributed by atoms with Crippen molar-refractivity contribution in [2.75, 3.05) is 0 Å². The molecule has 0 fully saturated rings. The van der Waals surface area contributed by atoms with E-state index in [9.17, 15) is 4.79 Å². The monoisotopic (exact) mass is 225 g/mol. The summed E-state index contributed by atoms with van der Waals surface area (Å²) in [6.07, 6.45) is 2.47. The Labute approximate surface area is 95.4 Å². The molecule has 1 atom stereocenters. The zero-order valence-corrected chi connectivity index (χ0v) is 9.99. The Hall–Kier alpha value is -1.36. The zero-order valence-electron chi connectivity index (χ0n) is 9.99. The summed E-state index contributed by atoms with van der Waals surface area (Å²) in [4.78, 5) is 15.6. The summed E-state index contributed by atoms with van der Waals surface area (Å²) in [5.41, 5.74) is 5.69. The van der Waals surface area contributed by atoms with E-state index in [0.29, 0.717) is 12.4 Å². The van der Waals surface area contributed by atoms with Gasteiger partial charge in [-0.3, -0.25) is 4.79 Å². The number of carbonyl (C=O) groups excluding carboxylic acids is 1. The molecule has 0 saturated heterocycles. The Balaban J connectivity index is 2.42. The van der Waals surface area contributed by atoms with E-state index in [1.54, 1.807) is 6.20 Å². The van der Waals surface area contributed by atoms with Gasteiger partial charge in [0.25, 0.3) is 0 Å². The average molecular weight is 225 g/mol. The van der Waals surface area contributed by atoms with Crippen molar-refractivity contribution < 1.29 is 9.21 Å². The van der Waals surface area contributed by atoms with Gasteiger partial charge in [-0.25, -0.2) is 4.98 Å². The van der Waals surface area contributed by atoms with Gasteiger partial charge in [-0.15, -0.1) is 0 Å². The highest BCUT2D eigenvalue weighted by Gasteiger charge is 2.17. The molecule has 5 heteroatoms. The van der Waals surface area contributed by atoms with E-state index in [1.807, 2.05) is 20.8 Å². The van der Waals surface area contributed by atoms with E-state index in [1.165, 1.54) is 0 Å². The summed E-state index contributed by atoms with van der Waals surface area (Å²) < 4.78 is 5.36. The van der Waals surface area contributed by atoms with Gasteiger partial charge in [0.1, 0.15) is 5.76 Å². The number of oxazole rings is 1. The van der Waals surface area contributed by atoms with Crippen LogP contribution in [0, 0.1) is 5.92 Å². The number of nitrogens with two attached hydrogens (primary N) is 1. The van der Waals surface area contributed by atoms with Crippen LogP contribution in [0.3, 0.4) is 0 Å². The number of amides is 1. The van der Waals surface area contributed by atoms with Gasteiger partial charge in [0, 0.05) is 6.42 Å². The number of carbonyl (C=O) groups is 1. The maximum Gasteiger partial charge on any atom is 0.237 e. The van der Waals surface area contributed by atoms with E-state index in [0.717, 1.165) is 12.2 Å². The second kappa shape index (κ2) is 5.65. The molecule has 0 aliphatic heterocycles. The largest absolute Gasteiger partial charge is 0.444 e. The van der Waals surface area contributed by atoms with Crippen LogP contribution in [0.25, 0.3) is 0 Å². The number of aromatic nitrogens is 1. The maximum absolute atomic E-state index is 11.5. The van der Waals surface area contributed by atoms with E-state index >= 15 is 0 Å². The molecule has 0 bridgehead atoms. The Bertz CT molecular complexity index is 347. The number of nitrogens with one attached hydrogen (secondary N) is 1. The van der Waals surface area contributed by atoms with E-state index in [4.69, 9.17) is 10.2 Å². The van der Waals surface area contributed by atoms with Crippen LogP contribution in [0.4, 0.5) is 0 Å². The quantitative estimate of drug-likeness (QED) is 0.778. The number of nitrogens with zero attached hydrogens (tertiary/aromatic N) is 1. The first-order valence-electron chi connectivity index (χ1n) is 5.51. The molecule has 16 heavy (non-hydrogen) atoms. The maximum atomic E-state index is 11.5. The molecule has 1 amide bonds. The van der Waals surface area contributed by atoms with Gasteiger partial charge in [-0.1, -0.05) is 20.8 Å². The second-order valence-corrected chi connectivity index (χ2v) is 4.06. The van der Waals surface area contributed by atoms with Crippen molar-refractivity contribution >= 4 is 5.91 Å². The van der Waals surface area contributed by atoms with Crippen molar-refractivity contribution in [3.8, 4) is 0 Å². The fourth-order valence-electron chi connectivity index (χ4n) is 1.18. The molecule has 0 saturated carbocycles. The van der Waals surface area contributed by atoms with Crippen LogP contribution in [0.1, 0.15) is 32.4 Å².